The molecule has 196 valence electrons. The zero-order chi connectivity index (χ0) is 27.1. The van der Waals surface area contributed by atoms with Gasteiger partial charge < -0.3 is 14.8 Å². The van der Waals surface area contributed by atoms with Crippen molar-refractivity contribution in [3.63, 3.8) is 0 Å². The highest BCUT2D eigenvalue weighted by Crippen LogP contribution is 2.36. The molecule has 0 bridgehead atoms. The van der Waals surface area contributed by atoms with Gasteiger partial charge in [0.15, 0.2) is 4.34 Å². The molecule has 0 spiro atoms. The Bertz CT molecular complexity index is 1300. The maximum absolute atomic E-state index is 13.0. The van der Waals surface area contributed by atoms with Crippen molar-refractivity contribution in [2.75, 3.05) is 23.8 Å². The fourth-order valence-corrected chi connectivity index (χ4v) is 6.03. The van der Waals surface area contributed by atoms with Gasteiger partial charge in [0.2, 0.25) is 11.0 Å². The van der Waals surface area contributed by atoms with Gasteiger partial charge in [-0.15, -0.1) is 21.5 Å². The summed E-state index contributed by atoms with van der Waals surface area (Å²) in [4.78, 5) is 50.5. The minimum Gasteiger partial charge on any atom is -0.462 e. The standard InChI is InChI=1S/C24H26N4O6S3/c1-6-33-21(31)16-13(4)17(22(32)34-7-2)36-20(16)25-18(29)14(5)35-24-28-27-23(37-24)26-19(30)15-10-8-12(3)9-11-15/h8-11,14H,6-7H2,1-5H3,(H,25,29)(H,26,27,30). The molecule has 3 rings (SSSR count). The summed E-state index contributed by atoms with van der Waals surface area (Å²) in [5, 5.41) is 13.3. The molecule has 2 heterocycles. The van der Waals surface area contributed by atoms with Gasteiger partial charge in [-0.2, -0.15) is 0 Å². The number of thiophene rings is 1. The van der Waals surface area contributed by atoms with Crippen LogP contribution in [0.25, 0.3) is 0 Å². The van der Waals surface area contributed by atoms with Crippen LogP contribution in [0.2, 0.25) is 0 Å². The second-order valence-corrected chi connectivity index (χ2v) is 11.2. The number of hydrogen-bond donors (Lipinski definition) is 2. The number of carbonyl (C=O) groups excluding carboxylic acids is 4. The molecule has 0 aliphatic heterocycles. The lowest BCUT2D eigenvalue weighted by atomic mass is 10.1. The monoisotopic (exact) mass is 562 g/mol. The molecule has 2 amide bonds. The first-order valence-corrected chi connectivity index (χ1v) is 13.8. The summed E-state index contributed by atoms with van der Waals surface area (Å²) < 4.78 is 10.7. The lowest BCUT2D eigenvalue weighted by molar-refractivity contribution is -0.115. The summed E-state index contributed by atoms with van der Waals surface area (Å²) in [7, 11) is 0. The number of thioether (sulfide) groups is 1. The molecule has 0 radical (unpaired) electrons. The Morgan fingerprint density at radius 1 is 0.946 bits per heavy atom. The Balaban J connectivity index is 1.69. The summed E-state index contributed by atoms with van der Waals surface area (Å²) in [6.45, 7) is 8.88. The number of aromatic nitrogens is 2. The number of amides is 2. The van der Waals surface area contributed by atoms with Crippen molar-refractivity contribution in [1.29, 1.82) is 0 Å². The quantitative estimate of drug-likeness (QED) is 0.200. The second kappa shape index (κ2) is 12.8. The predicted octanol–water partition coefficient (Wildman–Crippen LogP) is 4.94. The molecule has 0 saturated carbocycles. The molecular formula is C24H26N4O6S3. The first-order valence-electron chi connectivity index (χ1n) is 11.3. The maximum atomic E-state index is 13.0. The van der Waals surface area contributed by atoms with E-state index in [1.165, 1.54) is 0 Å². The van der Waals surface area contributed by atoms with Gasteiger partial charge in [0.1, 0.15) is 9.88 Å². The largest absolute Gasteiger partial charge is 0.462 e. The van der Waals surface area contributed by atoms with Crippen LogP contribution in [0, 0.1) is 13.8 Å². The summed E-state index contributed by atoms with van der Waals surface area (Å²) >= 11 is 3.24. The van der Waals surface area contributed by atoms with Gasteiger partial charge in [-0.3, -0.25) is 14.9 Å². The molecule has 2 N–H and O–H groups in total. The fourth-order valence-electron chi connectivity index (χ4n) is 3.04. The van der Waals surface area contributed by atoms with Crippen molar-refractivity contribution < 1.29 is 28.7 Å². The smallest absolute Gasteiger partial charge is 0.348 e. The van der Waals surface area contributed by atoms with Crippen molar-refractivity contribution in [2.45, 2.75) is 44.2 Å². The highest BCUT2D eigenvalue weighted by Gasteiger charge is 2.28. The number of esters is 2. The average Bonchev–Trinajstić information content (AvgIpc) is 3.42. The molecule has 1 atom stereocenters. The Morgan fingerprint density at radius 3 is 2.24 bits per heavy atom. The van der Waals surface area contributed by atoms with Crippen molar-refractivity contribution in [3.05, 3.63) is 51.4 Å². The first kappa shape index (κ1) is 28.3. The van der Waals surface area contributed by atoms with Gasteiger partial charge in [0.05, 0.1) is 24.0 Å². The number of hydrogen-bond acceptors (Lipinski definition) is 11. The maximum Gasteiger partial charge on any atom is 0.348 e. The minimum absolute atomic E-state index is 0.123. The van der Waals surface area contributed by atoms with Crippen LogP contribution in [-0.2, 0) is 14.3 Å². The zero-order valence-corrected chi connectivity index (χ0v) is 23.3. The van der Waals surface area contributed by atoms with Crippen LogP contribution < -0.4 is 10.6 Å². The molecule has 10 nitrogen and oxygen atoms in total. The number of nitrogens with zero attached hydrogens (tertiary/aromatic N) is 2. The molecule has 0 aliphatic carbocycles. The van der Waals surface area contributed by atoms with Gasteiger partial charge in [0, 0.05) is 5.56 Å². The number of aryl methyl sites for hydroxylation is 1. The van der Waals surface area contributed by atoms with Crippen LogP contribution in [0.4, 0.5) is 10.1 Å². The van der Waals surface area contributed by atoms with E-state index in [0.29, 0.717) is 20.6 Å². The van der Waals surface area contributed by atoms with Crippen molar-refractivity contribution >= 4 is 68.3 Å². The second-order valence-electron chi connectivity index (χ2n) is 7.64. The van der Waals surface area contributed by atoms with Gasteiger partial charge in [-0.25, -0.2) is 9.59 Å². The summed E-state index contributed by atoms with van der Waals surface area (Å²) in [6, 6.07) is 7.12. The van der Waals surface area contributed by atoms with E-state index >= 15 is 0 Å². The van der Waals surface area contributed by atoms with E-state index in [0.717, 1.165) is 40.0 Å². The first-order chi connectivity index (χ1) is 17.6. The third-order valence-corrected chi connectivity index (χ3v) is 8.12. The highest BCUT2D eigenvalue weighted by molar-refractivity contribution is 8.02. The normalized spacial score (nSPS) is 11.5. The van der Waals surface area contributed by atoms with E-state index in [4.69, 9.17) is 9.47 Å². The third kappa shape index (κ3) is 7.14. The van der Waals surface area contributed by atoms with Crippen LogP contribution in [0.15, 0.2) is 28.6 Å². The lowest BCUT2D eigenvalue weighted by Crippen LogP contribution is -2.23. The van der Waals surface area contributed by atoms with E-state index < -0.39 is 23.1 Å². The van der Waals surface area contributed by atoms with E-state index in [9.17, 15) is 19.2 Å². The summed E-state index contributed by atoms with van der Waals surface area (Å²) in [5.41, 5.74) is 2.05. The van der Waals surface area contributed by atoms with Gasteiger partial charge >= 0.3 is 11.9 Å². The van der Waals surface area contributed by atoms with Crippen molar-refractivity contribution in [2.24, 2.45) is 0 Å². The number of carbonyl (C=O) groups is 4. The molecule has 0 aliphatic rings. The predicted molar refractivity (Wildman–Crippen MR) is 144 cm³/mol. The SMILES string of the molecule is CCOC(=O)c1sc(NC(=O)C(C)Sc2nnc(NC(=O)c3ccc(C)cc3)s2)c(C(=O)OCC)c1C. The van der Waals surface area contributed by atoms with Crippen LogP contribution in [0.5, 0.6) is 0 Å². The molecule has 1 aromatic carbocycles. The van der Waals surface area contributed by atoms with Crippen LogP contribution >= 0.6 is 34.4 Å². The van der Waals surface area contributed by atoms with Crippen LogP contribution in [0.1, 0.15) is 62.3 Å². The minimum atomic E-state index is -0.638. The molecule has 3 aromatic rings. The number of rotatable bonds is 10. The summed E-state index contributed by atoms with van der Waals surface area (Å²) in [5.74, 6) is -1.93. The fraction of sp³-hybridized carbons (Fsp3) is 0.333. The molecule has 2 aromatic heterocycles. The van der Waals surface area contributed by atoms with Crippen molar-refractivity contribution in [3.8, 4) is 0 Å². The molecule has 1 unspecified atom stereocenters. The Labute approximate surface area is 226 Å². The zero-order valence-electron chi connectivity index (χ0n) is 20.9. The lowest BCUT2D eigenvalue weighted by Gasteiger charge is -2.10. The van der Waals surface area contributed by atoms with Crippen LogP contribution in [0.3, 0.4) is 0 Å². The van der Waals surface area contributed by atoms with E-state index in [2.05, 4.69) is 20.8 Å². The van der Waals surface area contributed by atoms with Gasteiger partial charge in [-0.1, -0.05) is 40.8 Å². The van der Waals surface area contributed by atoms with E-state index in [1.54, 1.807) is 39.8 Å². The molecule has 13 heteroatoms. The molecule has 0 saturated heterocycles. The topological polar surface area (TPSA) is 137 Å². The van der Waals surface area contributed by atoms with Gasteiger partial charge in [-0.05, 0) is 52.3 Å². The van der Waals surface area contributed by atoms with E-state index in [-0.39, 0.29) is 34.6 Å². The average molecular weight is 563 g/mol. The number of nitrogens with one attached hydrogen (secondary N) is 2. The summed E-state index contributed by atoms with van der Waals surface area (Å²) in [6.07, 6.45) is 0. The highest BCUT2D eigenvalue weighted by atomic mass is 32.2. The number of ether oxygens (including phenoxy) is 2. The molecule has 0 fully saturated rings. The van der Waals surface area contributed by atoms with E-state index in [1.807, 2.05) is 19.1 Å². The molecular weight excluding hydrogens is 536 g/mol. The Hall–Kier alpha value is -3.29. The number of anilines is 2. The van der Waals surface area contributed by atoms with Gasteiger partial charge in [0.25, 0.3) is 5.91 Å². The Morgan fingerprint density at radius 2 is 1.59 bits per heavy atom. The van der Waals surface area contributed by atoms with Crippen molar-refractivity contribution in [1.82, 2.24) is 10.2 Å². The number of benzene rings is 1. The Kier molecular flexibility index (Phi) is 9.78. The van der Waals surface area contributed by atoms with Crippen LogP contribution in [-0.4, -0.2) is 52.4 Å². The third-order valence-electron chi connectivity index (χ3n) is 4.91. The molecule has 37 heavy (non-hydrogen) atoms.